The Labute approximate surface area is 111 Å². The van der Waals surface area contributed by atoms with E-state index in [1.165, 1.54) is 0 Å². The molecule has 4 heteroatoms. The van der Waals surface area contributed by atoms with Crippen LogP contribution in [0.15, 0.2) is 24.3 Å². The molecule has 100 valence electrons. The molecule has 0 spiro atoms. The molecule has 0 aromatic heterocycles. The molecule has 2 atom stereocenters. The number of hydrogen-bond acceptors (Lipinski definition) is 2. The van der Waals surface area contributed by atoms with Crippen molar-refractivity contribution in [2.75, 3.05) is 11.6 Å². The SMILES string of the molecule is CCCC(C)C(=O)Nc1cccc(CS(C)=O)c1. The summed E-state index contributed by atoms with van der Waals surface area (Å²) < 4.78 is 11.2. The summed E-state index contributed by atoms with van der Waals surface area (Å²) in [6.07, 6.45) is 3.57. The van der Waals surface area contributed by atoms with Gasteiger partial charge in [-0.05, 0) is 24.1 Å². The number of carbonyl (C=O) groups is 1. The molecule has 0 radical (unpaired) electrons. The first-order chi connectivity index (χ1) is 8.52. The molecule has 0 bridgehead atoms. The van der Waals surface area contributed by atoms with E-state index in [1.807, 2.05) is 31.2 Å². The van der Waals surface area contributed by atoms with Gasteiger partial charge in [0.1, 0.15) is 0 Å². The molecule has 1 aromatic carbocycles. The smallest absolute Gasteiger partial charge is 0.227 e. The zero-order valence-corrected chi connectivity index (χ0v) is 12.0. The van der Waals surface area contributed by atoms with E-state index in [0.717, 1.165) is 24.1 Å². The van der Waals surface area contributed by atoms with E-state index in [1.54, 1.807) is 6.26 Å². The number of rotatable bonds is 6. The minimum atomic E-state index is -0.862. The fourth-order valence-electron chi connectivity index (χ4n) is 1.80. The minimum Gasteiger partial charge on any atom is -0.326 e. The third kappa shape index (κ3) is 5.00. The van der Waals surface area contributed by atoms with Crippen LogP contribution in [-0.2, 0) is 21.3 Å². The number of carbonyl (C=O) groups excluding carboxylic acids is 1. The Hall–Kier alpha value is -1.16. The molecule has 18 heavy (non-hydrogen) atoms. The molecule has 0 saturated carbocycles. The van der Waals surface area contributed by atoms with E-state index < -0.39 is 10.8 Å². The first kappa shape index (κ1) is 14.9. The number of amides is 1. The lowest BCUT2D eigenvalue weighted by Crippen LogP contribution is -2.20. The zero-order chi connectivity index (χ0) is 13.5. The minimum absolute atomic E-state index is 0.0268. The second-order valence-electron chi connectivity index (χ2n) is 4.60. The summed E-state index contributed by atoms with van der Waals surface area (Å²) in [6, 6.07) is 7.55. The summed E-state index contributed by atoms with van der Waals surface area (Å²) >= 11 is 0. The summed E-state index contributed by atoms with van der Waals surface area (Å²) in [5.74, 6) is 0.597. The van der Waals surface area contributed by atoms with Gasteiger partial charge in [-0.15, -0.1) is 0 Å². The Kier molecular flexibility index (Phi) is 6.05. The lowest BCUT2D eigenvalue weighted by molar-refractivity contribution is -0.119. The van der Waals surface area contributed by atoms with Gasteiger partial charge in [-0.2, -0.15) is 0 Å². The van der Waals surface area contributed by atoms with E-state index in [4.69, 9.17) is 0 Å². The van der Waals surface area contributed by atoms with E-state index in [0.29, 0.717) is 5.75 Å². The molecular formula is C14H21NO2S. The monoisotopic (exact) mass is 267 g/mol. The summed E-state index contributed by atoms with van der Waals surface area (Å²) in [5.41, 5.74) is 1.77. The first-order valence-corrected chi connectivity index (χ1v) is 7.95. The van der Waals surface area contributed by atoms with Crippen molar-refractivity contribution in [3.05, 3.63) is 29.8 Å². The van der Waals surface area contributed by atoms with Gasteiger partial charge in [-0.1, -0.05) is 32.4 Å². The normalized spacial score (nSPS) is 13.9. The van der Waals surface area contributed by atoms with Crippen LogP contribution in [0.2, 0.25) is 0 Å². The van der Waals surface area contributed by atoms with Crippen molar-refractivity contribution in [2.45, 2.75) is 32.4 Å². The van der Waals surface area contributed by atoms with Gasteiger partial charge in [0.2, 0.25) is 5.91 Å². The maximum atomic E-state index is 11.9. The van der Waals surface area contributed by atoms with E-state index >= 15 is 0 Å². The van der Waals surface area contributed by atoms with Crippen LogP contribution < -0.4 is 5.32 Å². The highest BCUT2D eigenvalue weighted by molar-refractivity contribution is 7.83. The lowest BCUT2D eigenvalue weighted by atomic mass is 10.1. The second-order valence-corrected chi connectivity index (χ2v) is 6.03. The van der Waals surface area contributed by atoms with Gasteiger partial charge in [0.15, 0.2) is 0 Å². The van der Waals surface area contributed by atoms with Crippen molar-refractivity contribution in [1.29, 1.82) is 0 Å². The van der Waals surface area contributed by atoms with Crippen LogP contribution in [0.25, 0.3) is 0 Å². The maximum Gasteiger partial charge on any atom is 0.227 e. The van der Waals surface area contributed by atoms with Crippen LogP contribution in [0.4, 0.5) is 5.69 Å². The van der Waals surface area contributed by atoms with Crippen LogP contribution in [0, 0.1) is 5.92 Å². The molecule has 1 rings (SSSR count). The highest BCUT2D eigenvalue weighted by Crippen LogP contribution is 2.14. The molecular weight excluding hydrogens is 246 g/mol. The largest absolute Gasteiger partial charge is 0.326 e. The summed E-state index contributed by atoms with van der Waals surface area (Å²) in [7, 11) is -0.862. The Bertz CT molecular complexity index is 432. The fraction of sp³-hybridized carbons (Fsp3) is 0.500. The number of hydrogen-bond donors (Lipinski definition) is 1. The Balaban J connectivity index is 2.67. The highest BCUT2D eigenvalue weighted by Gasteiger charge is 2.11. The molecule has 0 aliphatic carbocycles. The number of nitrogens with one attached hydrogen (secondary N) is 1. The molecule has 0 heterocycles. The van der Waals surface area contributed by atoms with Gasteiger partial charge < -0.3 is 5.32 Å². The Morgan fingerprint density at radius 2 is 2.17 bits per heavy atom. The third-order valence-electron chi connectivity index (χ3n) is 2.73. The predicted molar refractivity (Wildman–Crippen MR) is 76.9 cm³/mol. The van der Waals surface area contributed by atoms with E-state index in [9.17, 15) is 9.00 Å². The van der Waals surface area contributed by atoms with Gasteiger partial charge in [0.25, 0.3) is 0 Å². The van der Waals surface area contributed by atoms with Crippen LogP contribution >= 0.6 is 0 Å². The quantitative estimate of drug-likeness (QED) is 0.861. The summed E-state index contributed by atoms with van der Waals surface area (Å²) in [6.45, 7) is 4.00. The lowest BCUT2D eigenvalue weighted by Gasteiger charge is -2.11. The van der Waals surface area contributed by atoms with Crippen LogP contribution in [-0.4, -0.2) is 16.4 Å². The van der Waals surface area contributed by atoms with Crippen molar-refractivity contribution < 1.29 is 9.00 Å². The van der Waals surface area contributed by atoms with Crippen molar-refractivity contribution in [1.82, 2.24) is 0 Å². The summed E-state index contributed by atoms with van der Waals surface area (Å²) in [5, 5.41) is 2.90. The van der Waals surface area contributed by atoms with Crippen molar-refractivity contribution in [2.24, 2.45) is 5.92 Å². The highest BCUT2D eigenvalue weighted by atomic mass is 32.2. The molecule has 0 aliphatic rings. The Morgan fingerprint density at radius 1 is 1.44 bits per heavy atom. The fourth-order valence-corrected chi connectivity index (χ4v) is 2.45. The van der Waals surface area contributed by atoms with Crippen molar-refractivity contribution in [3.63, 3.8) is 0 Å². The van der Waals surface area contributed by atoms with Crippen LogP contribution in [0.5, 0.6) is 0 Å². The molecule has 2 unspecified atom stereocenters. The van der Waals surface area contributed by atoms with Crippen LogP contribution in [0.1, 0.15) is 32.3 Å². The first-order valence-electron chi connectivity index (χ1n) is 6.22. The average molecular weight is 267 g/mol. The van der Waals surface area contributed by atoms with E-state index in [2.05, 4.69) is 12.2 Å². The van der Waals surface area contributed by atoms with Gasteiger partial charge in [0, 0.05) is 34.4 Å². The van der Waals surface area contributed by atoms with Gasteiger partial charge in [0.05, 0.1) is 0 Å². The molecule has 1 amide bonds. The topological polar surface area (TPSA) is 46.2 Å². The molecule has 0 aliphatic heterocycles. The maximum absolute atomic E-state index is 11.9. The number of benzene rings is 1. The molecule has 0 saturated heterocycles. The van der Waals surface area contributed by atoms with Crippen LogP contribution in [0.3, 0.4) is 0 Å². The van der Waals surface area contributed by atoms with Gasteiger partial charge in [-0.3, -0.25) is 9.00 Å². The van der Waals surface area contributed by atoms with E-state index in [-0.39, 0.29) is 11.8 Å². The zero-order valence-electron chi connectivity index (χ0n) is 11.2. The van der Waals surface area contributed by atoms with Gasteiger partial charge in [-0.25, -0.2) is 0 Å². The standard InChI is InChI=1S/C14H21NO2S/c1-4-6-11(2)14(16)15-13-8-5-7-12(9-13)10-18(3)17/h5,7-9,11H,4,6,10H2,1-3H3,(H,15,16). The molecule has 1 N–H and O–H groups in total. The van der Waals surface area contributed by atoms with Crippen molar-refractivity contribution in [3.8, 4) is 0 Å². The molecule has 3 nitrogen and oxygen atoms in total. The number of anilines is 1. The van der Waals surface area contributed by atoms with Gasteiger partial charge >= 0.3 is 0 Å². The van der Waals surface area contributed by atoms with Crippen molar-refractivity contribution >= 4 is 22.4 Å². The predicted octanol–water partition coefficient (Wildman–Crippen LogP) is 2.94. The third-order valence-corrected chi connectivity index (χ3v) is 3.47. The average Bonchev–Trinajstić information content (AvgIpc) is 2.28. The molecule has 0 fully saturated rings. The second kappa shape index (κ2) is 7.31. The molecule has 1 aromatic rings. The Morgan fingerprint density at radius 3 is 2.78 bits per heavy atom. The summed E-state index contributed by atoms with van der Waals surface area (Å²) in [4.78, 5) is 11.9.